The molecule has 18 heavy (non-hydrogen) atoms. The summed E-state index contributed by atoms with van der Waals surface area (Å²) in [6.45, 7) is 7.71. The highest BCUT2D eigenvalue weighted by Gasteiger charge is 2.30. The van der Waals surface area contributed by atoms with Crippen molar-refractivity contribution in [2.45, 2.75) is 45.1 Å². The summed E-state index contributed by atoms with van der Waals surface area (Å²) in [6, 6.07) is 0.737. The van der Waals surface area contributed by atoms with E-state index in [2.05, 4.69) is 24.2 Å². The minimum absolute atomic E-state index is 0.737. The third kappa shape index (κ3) is 3.94. The molecule has 0 bridgehead atoms. The summed E-state index contributed by atoms with van der Waals surface area (Å²) < 4.78 is 5.44. The van der Waals surface area contributed by atoms with Crippen LogP contribution in [0.25, 0.3) is 0 Å². The van der Waals surface area contributed by atoms with Crippen LogP contribution in [0.15, 0.2) is 0 Å². The molecule has 106 valence electrons. The van der Waals surface area contributed by atoms with Crippen LogP contribution < -0.4 is 5.32 Å². The van der Waals surface area contributed by atoms with Gasteiger partial charge in [0.15, 0.2) is 0 Å². The molecule has 1 heterocycles. The Balaban J connectivity index is 1.84. The molecule has 1 N–H and O–H groups in total. The topological polar surface area (TPSA) is 24.5 Å². The van der Waals surface area contributed by atoms with Crippen molar-refractivity contribution >= 4 is 0 Å². The van der Waals surface area contributed by atoms with Gasteiger partial charge in [0.2, 0.25) is 0 Å². The van der Waals surface area contributed by atoms with E-state index in [1.165, 1.54) is 38.6 Å². The van der Waals surface area contributed by atoms with Crippen molar-refractivity contribution in [3.63, 3.8) is 0 Å². The molecule has 1 aliphatic carbocycles. The second kappa shape index (κ2) is 7.46. The largest absolute Gasteiger partial charge is 0.379 e. The normalized spacial score (nSPS) is 34.7. The van der Waals surface area contributed by atoms with E-state index >= 15 is 0 Å². The average Bonchev–Trinajstić information content (AvgIpc) is 2.41. The van der Waals surface area contributed by atoms with Crippen LogP contribution in [0.4, 0.5) is 0 Å². The van der Waals surface area contributed by atoms with Crippen LogP contribution in [0, 0.1) is 11.8 Å². The van der Waals surface area contributed by atoms with Gasteiger partial charge in [0.25, 0.3) is 0 Å². The molecule has 2 rings (SSSR count). The maximum absolute atomic E-state index is 5.44. The van der Waals surface area contributed by atoms with E-state index in [-0.39, 0.29) is 0 Å². The Morgan fingerprint density at radius 1 is 1.22 bits per heavy atom. The van der Waals surface area contributed by atoms with Crippen molar-refractivity contribution in [3.8, 4) is 0 Å². The third-order valence-corrected chi connectivity index (χ3v) is 4.76. The van der Waals surface area contributed by atoms with E-state index in [1.54, 1.807) is 0 Å². The molecule has 0 aromatic heterocycles. The second-order valence-electron chi connectivity index (χ2n) is 6.04. The summed E-state index contributed by atoms with van der Waals surface area (Å²) in [4.78, 5) is 2.60. The minimum atomic E-state index is 0.737. The van der Waals surface area contributed by atoms with Gasteiger partial charge in [-0.2, -0.15) is 0 Å². The Kier molecular flexibility index (Phi) is 5.93. The number of hydrogen-bond acceptors (Lipinski definition) is 3. The van der Waals surface area contributed by atoms with Gasteiger partial charge in [0.05, 0.1) is 13.2 Å². The van der Waals surface area contributed by atoms with Crippen molar-refractivity contribution < 1.29 is 4.74 Å². The first-order valence-electron chi connectivity index (χ1n) is 7.80. The molecular formula is C15H30N2O. The van der Waals surface area contributed by atoms with Gasteiger partial charge in [-0.15, -0.1) is 0 Å². The zero-order chi connectivity index (χ0) is 12.8. The Labute approximate surface area is 112 Å². The van der Waals surface area contributed by atoms with E-state index in [9.17, 15) is 0 Å². The van der Waals surface area contributed by atoms with Crippen molar-refractivity contribution in [2.75, 3.05) is 39.9 Å². The molecule has 3 unspecified atom stereocenters. The Morgan fingerprint density at radius 2 is 2.00 bits per heavy atom. The number of morpholine rings is 1. The molecule has 0 amide bonds. The highest BCUT2D eigenvalue weighted by Crippen LogP contribution is 2.32. The zero-order valence-corrected chi connectivity index (χ0v) is 12.2. The van der Waals surface area contributed by atoms with Crippen LogP contribution in [0.3, 0.4) is 0 Å². The maximum Gasteiger partial charge on any atom is 0.0594 e. The van der Waals surface area contributed by atoms with Crippen molar-refractivity contribution in [1.29, 1.82) is 0 Å². The van der Waals surface area contributed by atoms with Crippen LogP contribution in [0.5, 0.6) is 0 Å². The van der Waals surface area contributed by atoms with Gasteiger partial charge in [-0.05, 0) is 38.1 Å². The lowest BCUT2D eigenvalue weighted by Crippen LogP contribution is -2.47. The highest BCUT2D eigenvalue weighted by atomic mass is 16.5. The Morgan fingerprint density at radius 3 is 2.67 bits per heavy atom. The molecule has 0 spiro atoms. The molecule has 3 atom stereocenters. The first-order chi connectivity index (χ1) is 8.83. The predicted molar refractivity (Wildman–Crippen MR) is 75.8 cm³/mol. The van der Waals surface area contributed by atoms with E-state index in [4.69, 9.17) is 4.74 Å². The lowest BCUT2D eigenvalue weighted by atomic mass is 9.76. The number of rotatable bonds is 5. The van der Waals surface area contributed by atoms with Crippen LogP contribution in [0.2, 0.25) is 0 Å². The minimum Gasteiger partial charge on any atom is -0.379 e. The fraction of sp³-hybridized carbons (Fsp3) is 1.00. The summed E-state index contributed by atoms with van der Waals surface area (Å²) in [5.41, 5.74) is 0. The molecule has 3 nitrogen and oxygen atoms in total. The van der Waals surface area contributed by atoms with Gasteiger partial charge in [0, 0.05) is 25.7 Å². The molecule has 2 aliphatic rings. The lowest BCUT2D eigenvalue weighted by molar-refractivity contribution is 0.0214. The predicted octanol–water partition coefficient (Wildman–Crippen LogP) is 2.12. The van der Waals surface area contributed by atoms with Crippen LogP contribution in [-0.4, -0.2) is 50.8 Å². The molecule has 1 saturated heterocycles. The lowest BCUT2D eigenvalue weighted by Gasteiger charge is -2.39. The molecule has 0 aromatic rings. The summed E-state index contributed by atoms with van der Waals surface area (Å²) >= 11 is 0. The smallest absolute Gasteiger partial charge is 0.0594 e. The molecule has 1 saturated carbocycles. The van der Waals surface area contributed by atoms with Gasteiger partial charge in [-0.1, -0.05) is 19.8 Å². The standard InChI is InChI=1S/C15H30N2O/c1-3-4-13-5-6-15(16-2)14(11-13)12-17-7-9-18-10-8-17/h13-16H,3-12H2,1-2H3. The summed E-state index contributed by atoms with van der Waals surface area (Å²) in [5.74, 6) is 1.82. The van der Waals surface area contributed by atoms with E-state index in [0.29, 0.717) is 0 Å². The average molecular weight is 254 g/mol. The molecular weight excluding hydrogens is 224 g/mol. The van der Waals surface area contributed by atoms with E-state index < -0.39 is 0 Å². The number of ether oxygens (including phenoxy) is 1. The van der Waals surface area contributed by atoms with Crippen LogP contribution >= 0.6 is 0 Å². The SMILES string of the molecule is CCCC1CCC(NC)C(CN2CCOCC2)C1. The summed E-state index contributed by atoms with van der Waals surface area (Å²) in [6.07, 6.45) is 7.00. The Bertz CT molecular complexity index is 229. The van der Waals surface area contributed by atoms with E-state index in [0.717, 1.165) is 44.2 Å². The van der Waals surface area contributed by atoms with E-state index in [1.807, 2.05) is 0 Å². The van der Waals surface area contributed by atoms with Crippen molar-refractivity contribution in [3.05, 3.63) is 0 Å². The van der Waals surface area contributed by atoms with Crippen LogP contribution in [-0.2, 0) is 4.74 Å². The highest BCUT2D eigenvalue weighted by molar-refractivity contribution is 4.86. The number of nitrogens with one attached hydrogen (secondary N) is 1. The third-order valence-electron chi connectivity index (χ3n) is 4.76. The van der Waals surface area contributed by atoms with Gasteiger partial charge < -0.3 is 10.1 Å². The Hall–Kier alpha value is -0.120. The molecule has 3 heteroatoms. The molecule has 2 fully saturated rings. The molecule has 1 aliphatic heterocycles. The van der Waals surface area contributed by atoms with Gasteiger partial charge in [-0.25, -0.2) is 0 Å². The first-order valence-corrected chi connectivity index (χ1v) is 7.80. The zero-order valence-electron chi connectivity index (χ0n) is 12.2. The quantitative estimate of drug-likeness (QED) is 0.813. The van der Waals surface area contributed by atoms with Crippen molar-refractivity contribution in [1.82, 2.24) is 10.2 Å². The fourth-order valence-electron chi connectivity index (χ4n) is 3.73. The van der Waals surface area contributed by atoms with Gasteiger partial charge in [-0.3, -0.25) is 4.90 Å². The second-order valence-corrected chi connectivity index (χ2v) is 6.04. The summed E-state index contributed by atoms with van der Waals surface area (Å²) in [5, 5.41) is 3.55. The van der Waals surface area contributed by atoms with Gasteiger partial charge in [0.1, 0.15) is 0 Å². The summed E-state index contributed by atoms with van der Waals surface area (Å²) in [7, 11) is 2.14. The number of hydrogen-bond donors (Lipinski definition) is 1. The monoisotopic (exact) mass is 254 g/mol. The fourth-order valence-corrected chi connectivity index (χ4v) is 3.73. The first kappa shape index (κ1) is 14.3. The van der Waals surface area contributed by atoms with Gasteiger partial charge >= 0.3 is 0 Å². The number of nitrogens with zero attached hydrogens (tertiary/aromatic N) is 1. The van der Waals surface area contributed by atoms with Crippen LogP contribution in [0.1, 0.15) is 39.0 Å². The van der Waals surface area contributed by atoms with Crippen molar-refractivity contribution in [2.24, 2.45) is 11.8 Å². The molecule has 0 radical (unpaired) electrons. The maximum atomic E-state index is 5.44. The molecule has 0 aromatic carbocycles.